The zero-order valence-electron chi connectivity index (χ0n) is 10.8. The maximum Gasteiger partial charge on any atom is 0.169 e. The lowest BCUT2D eigenvalue weighted by Gasteiger charge is -2.28. The molecule has 19 heavy (non-hydrogen) atoms. The van der Waals surface area contributed by atoms with Crippen molar-refractivity contribution < 1.29 is 9.53 Å². The molecule has 0 N–H and O–H groups in total. The number of nitrogens with zero attached hydrogens (tertiary/aromatic N) is 2. The highest BCUT2D eigenvalue weighted by Gasteiger charge is 2.25. The summed E-state index contributed by atoms with van der Waals surface area (Å²) in [6.07, 6.45) is 0.0727. The Labute approximate surface area is 116 Å². The quantitative estimate of drug-likeness (QED) is 0.856. The molecule has 4 nitrogen and oxygen atoms in total. The van der Waals surface area contributed by atoms with Crippen molar-refractivity contribution in [1.29, 1.82) is 0 Å². The number of ether oxygens (including phenoxy) is 1. The second-order valence-corrected chi connectivity index (χ2v) is 5.96. The summed E-state index contributed by atoms with van der Waals surface area (Å²) in [5, 5.41) is 0.878. The van der Waals surface area contributed by atoms with Gasteiger partial charge in [-0.1, -0.05) is 12.1 Å². The van der Waals surface area contributed by atoms with Crippen LogP contribution in [0.25, 0.3) is 10.2 Å². The Balaban J connectivity index is 1.71. The Morgan fingerprint density at radius 1 is 1.53 bits per heavy atom. The summed E-state index contributed by atoms with van der Waals surface area (Å²) in [5.74, 6) is 0.130. The summed E-state index contributed by atoms with van der Waals surface area (Å²) in [4.78, 5) is 18.8. The van der Waals surface area contributed by atoms with Crippen molar-refractivity contribution >= 4 is 27.3 Å². The van der Waals surface area contributed by atoms with Gasteiger partial charge in [0.1, 0.15) is 11.1 Å². The van der Waals surface area contributed by atoms with E-state index in [0.29, 0.717) is 19.6 Å². The van der Waals surface area contributed by atoms with E-state index in [9.17, 15) is 4.79 Å². The van der Waals surface area contributed by atoms with E-state index in [0.717, 1.165) is 21.8 Å². The van der Waals surface area contributed by atoms with Crippen LogP contribution in [0.3, 0.4) is 0 Å². The van der Waals surface area contributed by atoms with E-state index in [1.807, 2.05) is 31.3 Å². The Kier molecular flexibility index (Phi) is 3.59. The van der Waals surface area contributed by atoms with Crippen LogP contribution in [0.5, 0.6) is 0 Å². The number of carbonyl (C=O) groups excluding carboxylic acids is 1. The van der Waals surface area contributed by atoms with Gasteiger partial charge in [0.15, 0.2) is 5.78 Å². The molecule has 100 valence electrons. The van der Waals surface area contributed by atoms with Crippen molar-refractivity contribution in [2.75, 3.05) is 26.7 Å². The number of benzene rings is 1. The van der Waals surface area contributed by atoms with E-state index in [2.05, 4.69) is 9.88 Å². The SMILES string of the molecule is CN1CCOC(C(=O)Cc2nc3ccccc3s2)C1. The second-order valence-electron chi connectivity index (χ2n) is 4.84. The van der Waals surface area contributed by atoms with Gasteiger partial charge in [-0.3, -0.25) is 4.79 Å². The molecule has 2 heterocycles. The third kappa shape index (κ3) is 2.83. The van der Waals surface area contributed by atoms with Crippen molar-refractivity contribution in [2.45, 2.75) is 12.5 Å². The molecule has 1 aliphatic rings. The van der Waals surface area contributed by atoms with E-state index in [1.54, 1.807) is 11.3 Å². The summed E-state index contributed by atoms with van der Waals surface area (Å²) in [5.41, 5.74) is 0.969. The van der Waals surface area contributed by atoms with Crippen molar-refractivity contribution in [3.63, 3.8) is 0 Å². The average Bonchev–Trinajstić information content (AvgIpc) is 2.80. The third-order valence-electron chi connectivity index (χ3n) is 3.29. The molecule has 0 spiro atoms. The zero-order valence-corrected chi connectivity index (χ0v) is 11.7. The van der Waals surface area contributed by atoms with Crippen molar-refractivity contribution in [3.8, 4) is 0 Å². The molecule has 1 atom stereocenters. The Bertz CT molecular complexity index is 563. The van der Waals surface area contributed by atoms with Crippen LogP contribution in [-0.4, -0.2) is 48.5 Å². The predicted molar refractivity (Wildman–Crippen MR) is 75.6 cm³/mol. The van der Waals surface area contributed by atoms with E-state index < -0.39 is 0 Å². The lowest BCUT2D eigenvalue weighted by Crippen LogP contribution is -2.44. The smallest absolute Gasteiger partial charge is 0.169 e. The molecule has 1 aromatic carbocycles. The summed E-state index contributed by atoms with van der Waals surface area (Å²) in [6, 6.07) is 7.97. The number of para-hydroxylation sites is 1. The molecule has 5 heteroatoms. The molecule has 0 saturated carbocycles. The van der Waals surface area contributed by atoms with Gasteiger partial charge in [0.25, 0.3) is 0 Å². The molecule has 0 aliphatic carbocycles. The minimum absolute atomic E-state index is 0.130. The van der Waals surface area contributed by atoms with Gasteiger partial charge in [-0.25, -0.2) is 4.98 Å². The average molecular weight is 276 g/mol. The van der Waals surface area contributed by atoms with Crippen LogP contribution in [0.1, 0.15) is 5.01 Å². The maximum absolute atomic E-state index is 12.2. The number of fused-ring (bicyclic) bond motifs is 1. The fourth-order valence-electron chi connectivity index (χ4n) is 2.23. The van der Waals surface area contributed by atoms with Crippen LogP contribution in [0.2, 0.25) is 0 Å². The van der Waals surface area contributed by atoms with Crippen LogP contribution >= 0.6 is 11.3 Å². The highest BCUT2D eigenvalue weighted by Crippen LogP contribution is 2.22. The normalized spacial score (nSPS) is 20.8. The molecule has 1 unspecified atom stereocenters. The predicted octanol–water partition coefficient (Wildman–Crippen LogP) is 1.74. The molecule has 1 saturated heterocycles. The van der Waals surface area contributed by atoms with Gasteiger partial charge in [-0.05, 0) is 19.2 Å². The number of morpholine rings is 1. The molecule has 0 amide bonds. The molecule has 0 radical (unpaired) electrons. The van der Waals surface area contributed by atoms with Gasteiger partial charge >= 0.3 is 0 Å². The van der Waals surface area contributed by atoms with E-state index in [-0.39, 0.29) is 11.9 Å². The van der Waals surface area contributed by atoms with Crippen molar-refractivity contribution in [1.82, 2.24) is 9.88 Å². The number of carbonyl (C=O) groups is 1. The van der Waals surface area contributed by atoms with Gasteiger partial charge in [0, 0.05) is 13.1 Å². The maximum atomic E-state index is 12.2. The topological polar surface area (TPSA) is 42.4 Å². The molecule has 1 aliphatic heterocycles. The first-order valence-electron chi connectivity index (χ1n) is 6.40. The molecule has 3 rings (SSSR count). The summed E-state index contributed by atoms with van der Waals surface area (Å²) >= 11 is 1.59. The highest BCUT2D eigenvalue weighted by molar-refractivity contribution is 7.18. The third-order valence-corrected chi connectivity index (χ3v) is 4.33. The highest BCUT2D eigenvalue weighted by atomic mass is 32.1. The number of hydrogen-bond acceptors (Lipinski definition) is 5. The van der Waals surface area contributed by atoms with Gasteiger partial charge in [0.05, 0.1) is 23.2 Å². The largest absolute Gasteiger partial charge is 0.368 e. The van der Waals surface area contributed by atoms with Crippen LogP contribution in [0.15, 0.2) is 24.3 Å². The van der Waals surface area contributed by atoms with Gasteiger partial charge in [-0.2, -0.15) is 0 Å². The number of Topliss-reactive ketones (excluding diaryl/α,β-unsaturated/α-hetero) is 1. The second kappa shape index (κ2) is 5.36. The van der Waals surface area contributed by atoms with E-state index in [4.69, 9.17) is 4.74 Å². The molecule has 1 aromatic heterocycles. The Morgan fingerprint density at radius 2 is 2.37 bits per heavy atom. The molecular weight excluding hydrogens is 260 g/mol. The molecular formula is C14H16N2O2S. The number of hydrogen-bond donors (Lipinski definition) is 0. The first-order valence-corrected chi connectivity index (χ1v) is 7.21. The van der Waals surface area contributed by atoms with Gasteiger partial charge in [0.2, 0.25) is 0 Å². The summed E-state index contributed by atoms with van der Waals surface area (Å²) in [7, 11) is 2.01. The number of ketones is 1. The number of thiazole rings is 1. The zero-order chi connectivity index (χ0) is 13.2. The van der Waals surface area contributed by atoms with Crippen LogP contribution in [0, 0.1) is 0 Å². The number of likely N-dealkylation sites (N-methyl/N-ethyl adjacent to an activating group) is 1. The minimum Gasteiger partial charge on any atom is -0.368 e. The molecule has 1 fully saturated rings. The molecule has 2 aromatic rings. The fourth-order valence-corrected chi connectivity index (χ4v) is 3.21. The van der Waals surface area contributed by atoms with E-state index in [1.165, 1.54) is 0 Å². The molecule has 0 bridgehead atoms. The fraction of sp³-hybridized carbons (Fsp3) is 0.429. The van der Waals surface area contributed by atoms with Crippen molar-refractivity contribution in [2.24, 2.45) is 0 Å². The van der Waals surface area contributed by atoms with Gasteiger partial charge < -0.3 is 9.64 Å². The number of aromatic nitrogens is 1. The monoisotopic (exact) mass is 276 g/mol. The number of rotatable bonds is 3. The first-order chi connectivity index (χ1) is 9.22. The first kappa shape index (κ1) is 12.7. The minimum atomic E-state index is -0.300. The Morgan fingerprint density at radius 3 is 3.16 bits per heavy atom. The van der Waals surface area contributed by atoms with E-state index >= 15 is 0 Å². The van der Waals surface area contributed by atoms with Crippen LogP contribution < -0.4 is 0 Å². The van der Waals surface area contributed by atoms with Crippen LogP contribution in [0.4, 0.5) is 0 Å². The van der Waals surface area contributed by atoms with Crippen LogP contribution in [-0.2, 0) is 16.0 Å². The summed E-state index contributed by atoms with van der Waals surface area (Å²) in [6.45, 7) is 2.21. The standard InChI is InChI=1S/C14H16N2O2S/c1-16-6-7-18-12(9-16)11(17)8-14-15-10-4-2-3-5-13(10)19-14/h2-5,12H,6-9H2,1H3. The lowest BCUT2D eigenvalue weighted by atomic mass is 10.1. The Hall–Kier alpha value is -1.30. The lowest BCUT2D eigenvalue weighted by molar-refractivity contribution is -0.134. The summed E-state index contributed by atoms with van der Waals surface area (Å²) < 4.78 is 6.67. The van der Waals surface area contributed by atoms with Gasteiger partial charge in [-0.15, -0.1) is 11.3 Å². The van der Waals surface area contributed by atoms with Crippen molar-refractivity contribution in [3.05, 3.63) is 29.3 Å².